The summed E-state index contributed by atoms with van der Waals surface area (Å²) < 4.78 is 0. The van der Waals surface area contributed by atoms with Crippen LogP contribution in [0.15, 0.2) is 18.5 Å². The molecule has 1 saturated carbocycles. The highest BCUT2D eigenvalue weighted by Crippen LogP contribution is 2.31. The van der Waals surface area contributed by atoms with Gasteiger partial charge in [0.25, 0.3) is 0 Å². The first-order valence-electron chi connectivity index (χ1n) is 9.22. The zero-order valence-corrected chi connectivity index (χ0v) is 14.7. The Bertz CT molecular complexity index is 577. The van der Waals surface area contributed by atoms with E-state index in [1.165, 1.54) is 0 Å². The molecule has 1 amide bonds. The van der Waals surface area contributed by atoms with Gasteiger partial charge >= 0.3 is 0 Å². The fourth-order valence-electron chi connectivity index (χ4n) is 3.89. The molecule has 2 heterocycles. The molecule has 1 atom stereocenters. The van der Waals surface area contributed by atoms with Crippen molar-refractivity contribution in [2.75, 3.05) is 24.5 Å². The van der Waals surface area contributed by atoms with Gasteiger partial charge in [0.2, 0.25) is 11.9 Å². The van der Waals surface area contributed by atoms with E-state index in [9.17, 15) is 15.0 Å². The maximum atomic E-state index is 12.2. The van der Waals surface area contributed by atoms with Gasteiger partial charge in [-0.15, -0.1) is 0 Å². The minimum absolute atomic E-state index is 0.120. The van der Waals surface area contributed by atoms with Crippen LogP contribution in [0.4, 0.5) is 5.95 Å². The molecule has 138 valence electrons. The van der Waals surface area contributed by atoms with Gasteiger partial charge in [-0.3, -0.25) is 4.79 Å². The maximum Gasteiger partial charge on any atom is 0.225 e. The van der Waals surface area contributed by atoms with Gasteiger partial charge in [-0.2, -0.15) is 0 Å². The van der Waals surface area contributed by atoms with Gasteiger partial charge in [-0.05, 0) is 31.7 Å². The molecule has 3 rings (SSSR count). The third-order valence-electron chi connectivity index (χ3n) is 5.28. The molecule has 0 spiro atoms. The number of hydrogen-bond acceptors (Lipinski definition) is 6. The molecule has 1 aromatic rings. The summed E-state index contributed by atoms with van der Waals surface area (Å²) in [6.07, 6.45) is 9.36. The van der Waals surface area contributed by atoms with E-state index in [4.69, 9.17) is 0 Å². The number of aliphatic hydroxyl groups is 2. The molecule has 7 nitrogen and oxygen atoms in total. The van der Waals surface area contributed by atoms with Crippen molar-refractivity contribution in [3.8, 4) is 0 Å². The van der Waals surface area contributed by atoms with Crippen molar-refractivity contribution in [1.29, 1.82) is 0 Å². The van der Waals surface area contributed by atoms with Crippen LogP contribution in [0.5, 0.6) is 0 Å². The molecular formula is C18H28N4O3. The highest BCUT2D eigenvalue weighted by molar-refractivity contribution is 5.77. The average Bonchev–Trinajstić information content (AvgIpc) is 2.61. The van der Waals surface area contributed by atoms with Crippen molar-refractivity contribution < 1.29 is 15.0 Å². The Morgan fingerprint density at radius 2 is 1.76 bits per heavy atom. The molecule has 0 aromatic carbocycles. The normalized spacial score (nSPS) is 26.2. The highest BCUT2D eigenvalue weighted by atomic mass is 16.3. The number of carbonyl (C=O) groups is 1. The van der Waals surface area contributed by atoms with Crippen LogP contribution >= 0.6 is 0 Å². The van der Waals surface area contributed by atoms with Gasteiger partial charge in [0.05, 0.1) is 24.2 Å². The number of aromatic nitrogens is 2. The van der Waals surface area contributed by atoms with Crippen LogP contribution < -0.4 is 10.2 Å². The van der Waals surface area contributed by atoms with Gasteiger partial charge in [-0.25, -0.2) is 9.97 Å². The van der Waals surface area contributed by atoms with Crippen LogP contribution in [0.2, 0.25) is 0 Å². The summed E-state index contributed by atoms with van der Waals surface area (Å²) in [7, 11) is 0. The zero-order valence-electron chi connectivity index (χ0n) is 14.7. The van der Waals surface area contributed by atoms with Crippen LogP contribution in [0.25, 0.3) is 0 Å². The Kier molecular flexibility index (Phi) is 5.54. The van der Waals surface area contributed by atoms with Crippen LogP contribution in [0.1, 0.15) is 51.4 Å². The van der Waals surface area contributed by atoms with E-state index in [2.05, 4.69) is 15.3 Å². The molecule has 0 bridgehead atoms. The number of hydrogen-bond donors (Lipinski definition) is 3. The SMILES string of the molecule is O=C(CC1(O)CCCCC1)NCC1(O)CCCN(c2ncccn2)C1. The molecular weight excluding hydrogens is 320 g/mol. The largest absolute Gasteiger partial charge is 0.389 e. The summed E-state index contributed by atoms with van der Waals surface area (Å²) in [6, 6.07) is 1.76. The third-order valence-corrected chi connectivity index (χ3v) is 5.28. The summed E-state index contributed by atoms with van der Waals surface area (Å²) >= 11 is 0. The monoisotopic (exact) mass is 348 g/mol. The van der Waals surface area contributed by atoms with E-state index in [-0.39, 0.29) is 18.9 Å². The number of β-amino-alcohol motifs (C(OH)–C–C–N with tert-alkyl or cyclic N) is 1. The lowest BCUT2D eigenvalue weighted by molar-refractivity contribution is -0.128. The predicted octanol–water partition coefficient (Wildman–Crippen LogP) is 1.01. The van der Waals surface area contributed by atoms with Gasteiger partial charge in [0.15, 0.2) is 0 Å². The van der Waals surface area contributed by atoms with E-state index in [1.807, 2.05) is 4.90 Å². The van der Waals surface area contributed by atoms with Crippen molar-refractivity contribution in [2.45, 2.75) is 62.6 Å². The maximum absolute atomic E-state index is 12.2. The molecule has 1 saturated heterocycles. The zero-order chi connectivity index (χ0) is 17.8. The average molecular weight is 348 g/mol. The number of anilines is 1. The van der Waals surface area contributed by atoms with E-state index in [0.29, 0.717) is 31.8 Å². The molecule has 1 aliphatic heterocycles. The van der Waals surface area contributed by atoms with Gasteiger partial charge in [0, 0.05) is 25.5 Å². The lowest BCUT2D eigenvalue weighted by atomic mass is 9.82. The number of nitrogens with zero attached hydrogens (tertiary/aromatic N) is 3. The minimum atomic E-state index is -0.998. The standard InChI is InChI=1S/C18H28N4O3/c23-15(12-17(24)6-2-1-3-7-17)21-13-18(25)8-4-11-22(14-18)16-19-9-5-10-20-16/h5,9-10,24-25H,1-4,6-8,11-14H2,(H,21,23). The van der Waals surface area contributed by atoms with Gasteiger partial charge in [-0.1, -0.05) is 19.3 Å². The first-order chi connectivity index (χ1) is 12.0. The van der Waals surface area contributed by atoms with Crippen molar-refractivity contribution in [1.82, 2.24) is 15.3 Å². The number of piperidine rings is 1. The summed E-state index contributed by atoms with van der Waals surface area (Å²) in [5.74, 6) is 0.411. The fraction of sp³-hybridized carbons (Fsp3) is 0.722. The number of amides is 1. The molecule has 7 heteroatoms. The minimum Gasteiger partial charge on any atom is -0.389 e. The van der Waals surface area contributed by atoms with E-state index in [0.717, 1.165) is 32.2 Å². The molecule has 25 heavy (non-hydrogen) atoms. The lowest BCUT2D eigenvalue weighted by Gasteiger charge is -2.39. The van der Waals surface area contributed by atoms with Crippen LogP contribution in [0, 0.1) is 0 Å². The van der Waals surface area contributed by atoms with Crippen molar-refractivity contribution in [3.63, 3.8) is 0 Å². The fourth-order valence-corrected chi connectivity index (χ4v) is 3.89. The molecule has 2 fully saturated rings. The summed E-state index contributed by atoms with van der Waals surface area (Å²) in [6.45, 7) is 1.37. The van der Waals surface area contributed by atoms with E-state index in [1.54, 1.807) is 18.5 Å². The second-order valence-electron chi connectivity index (χ2n) is 7.54. The van der Waals surface area contributed by atoms with Crippen molar-refractivity contribution >= 4 is 11.9 Å². The summed E-state index contributed by atoms with van der Waals surface area (Å²) in [5, 5.41) is 24.2. The van der Waals surface area contributed by atoms with Crippen LogP contribution in [0.3, 0.4) is 0 Å². The Labute approximate surface area is 148 Å². The first kappa shape index (κ1) is 18.1. The Morgan fingerprint density at radius 1 is 1.08 bits per heavy atom. The highest BCUT2D eigenvalue weighted by Gasteiger charge is 2.36. The van der Waals surface area contributed by atoms with E-state index < -0.39 is 11.2 Å². The van der Waals surface area contributed by atoms with Crippen molar-refractivity contribution in [3.05, 3.63) is 18.5 Å². The summed E-state index contributed by atoms with van der Waals surface area (Å²) in [4.78, 5) is 22.6. The quantitative estimate of drug-likeness (QED) is 0.735. The number of rotatable bonds is 5. The molecule has 3 N–H and O–H groups in total. The second-order valence-corrected chi connectivity index (χ2v) is 7.54. The lowest BCUT2D eigenvalue weighted by Crippen LogP contribution is -2.55. The number of nitrogens with one attached hydrogen (secondary N) is 1. The molecule has 0 radical (unpaired) electrons. The predicted molar refractivity (Wildman–Crippen MR) is 94.1 cm³/mol. The van der Waals surface area contributed by atoms with Crippen LogP contribution in [-0.2, 0) is 4.79 Å². The van der Waals surface area contributed by atoms with Gasteiger partial charge in [0.1, 0.15) is 0 Å². The molecule has 1 aliphatic carbocycles. The molecule has 2 aliphatic rings. The van der Waals surface area contributed by atoms with E-state index >= 15 is 0 Å². The third kappa shape index (κ3) is 4.89. The molecule has 1 unspecified atom stereocenters. The smallest absolute Gasteiger partial charge is 0.225 e. The number of carbonyl (C=O) groups excluding carboxylic acids is 1. The van der Waals surface area contributed by atoms with Crippen molar-refractivity contribution in [2.24, 2.45) is 0 Å². The Hall–Kier alpha value is -1.73. The van der Waals surface area contributed by atoms with Gasteiger partial charge < -0.3 is 20.4 Å². The molecule has 1 aromatic heterocycles. The van der Waals surface area contributed by atoms with Crippen LogP contribution in [-0.4, -0.2) is 56.9 Å². The Morgan fingerprint density at radius 3 is 2.48 bits per heavy atom. The first-order valence-corrected chi connectivity index (χ1v) is 9.22. The summed E-state index contributed by atoms with van der Waals surface area (Å²) in [5.41, 5.74) is -1.87. The topological polar surface area (TPSA) is 98.6 Å². The second kappa shape index (κ2) is 7.66. The Balaban J connectivity index is 1.52.